The molecule has 148 valence electrons. The van der Waals surface area contributed by atoms with Crippen molar-refractivity contribution in [2.75, 3.05) is 12.4 Å². The van der Waals surface area contributed by atoms with Gasteiger partial charge in [-0.15, -0.1) is 0 Å². The minimum absolute atomic E-state index is 0.196. The lowest BCUT2D eigenvalue weighted by atomic mass is 10.1. The SMILES string of the molecule is C/C=C(\C=C/CC)c1cc(=O)c2ccc(C(=O)Nc3ccccc3)c(OC)c2o1. The van der Waals surface area contributed by atoms with Crippen molar-refractivity contribution in [1.29, 1.82) is 0 Å². The van der Waals surface area contributed by atoms with Gasteiger partial charge < -0.3 is 14.5 Å². The molecule has 5 nitrogen and oxygen atoms in total. The van der Waals surface area contributed by atoms with Crippen LogP contribution in [0.25, 0.3) is 16.5 Å². The molecule has 2 aromatic carbocycles. The molecular weight excluding hydrogens is 366 g/mol. The summed E-state index contributed by atoms with van der Waals surface area (Å²) >= 11 is 0. The van der Waals surface area contributed by atoms with Crippen LogP contribution in [-0.2, 0) is 0 Å². The Bertz CT molecular complexity index is 1140. The Morgan fingerprint density at radius 2 is 1.93 bits per heavy atom. The Balaban J connectivity index is 2.13. The Labute approximate surface area is 169 Å². The standard InChI is InChI=1S/C24H23NO4/c1-4-6-10-16(5-2)21-15-20(26)18-13-14-19(22(28-3)23(18)29-21)24(27)25-17-11-8-7-9-12-17/h5-15H,4H2,1-3H3,(H,25,27)/b10-6-,16-5+. The van der Waals surface area contributed by atoms with Gasteiger partial charge in [-0.1, -0.05) is 43.4 Å². The van der Waals surface area contributed by atoms with Crippen LogP contribution in [0.15, 0.2) is 76.0 Å². The van der Waals surface area contributed by atoms with Gasteiger partial charge in [0.05, 0.1) is 18.1 Å². The van der Waals surface area contributed by atoms with Gasteiger partial charge in [0.25, 0.3) is 5.91 Å². The van der Waals surface area contributed by atoms with Crippen LogP contribution >= 0.6 is 0 Å². The molecule has 3 aromatic rings. The predicted molar refractivity (Wildman–Crippen MR) is 117 cm³/mol. The number of para-hydroxylation sites is 1. The van der Waals surface area contributed by atoms with E-state index in [1.54, 1.807) is 24.3 Å². The summed E-state index contributed by atoms with van der Waals surface area (Å²) in [5, 5.41) is 3.19. The van der Waals surface area contributed by atoms with Gasteiger partial charge in [-0.05, 0) is 37.6 Å². The number of amides is 1. The van der Waals surface area contributed by atoms with E-state index in [1.807, 2.05) is 50.3 Å². The number of allylic oxidation sites excluding steroid dienone is 4. The molecule has 0 radical (unpaired) electrons. The van der Waals surface area contributed by atoms with E-state index in [4.69, 9.17) is 9.15 Å². The number of nitrogens with one attached hydrogen (secondary N) is 1. The number of anilines is 1. The average Bonchev–Trinajstić information content (AvgIpc) is 2.74. The van der Waals surface area contributed by atoms with E-state index in [2.05, 4.69) is 5.32 Å². The quantitative estimate of drug-likeness (QED) is 0.571. The van der Waals surface area contributed by atoms with Gasteiger partial charge in [-0.25, -0.2) is 0 Å². The number of ether oxygens (including phenoxy) is 1. The Hall–Kier alpha value is -3.60. The first-order chi connectivity index (χ1) is 14.1. The smallest absolute Gasteiger partial charge is 0.259 e. The lowest BCUT2D eigenvalue weighted by molar-refractivity contribution is 0.102. The molecule has 0 atom stereocenters. The van der Waals surface area contributed by atoms with E-state index in [0.29, 0.717) is 16.8 Å². The van der Waals surface area contributed by atoms with Gasteiger partial charge in [0.2, 0.25) is 0 Å². The van der Waals surface area contributed by atoms with E-state index in [1.165, 1.54) is 13.2 Å². The van der Waals surface area contributed by atoms with Crippen molar-refractivity contribution in [2.45, 2.75) is 20.3 Å². The molecule has 1 N–H and O–H groups in total. The second-order valence-corrected chi connectivity index (χ2v) is 6.37. The van der Waals surface area contributed by atoms with Crippen LogP contribution in [0.2, 0.25) is 0 Å². The topological polar surface area (TPSA) is 68.5 Å². The predicted octanol–water partition coefficient (Wildman–Crippen LogP) is 5.42. The van der Waals surface area contributed by atoms with Crippen LogP contribution < -0.4 is 15.5 Å². The van der Waals surface area contributed by atoms with Crippen molar-refractivity contribution in [3.63, 3.8) is 0 Å². The molecule has 0 fully saturated rings. The molecule has 5 heteroatoms. The van der Waals surface area contributed by atoms with Crippen molar-refractivity contribution < 1.29 is 13.9 Å². The summed E-state index contributed by atoms with van der Waals surface area (Å²) in [6.07, 6.45) is 6.63. The molecular formula is C24H23NO4. The summed E-state index contributed by atoms with van der Waals surface area (Å²) in [5.41, 5.74) is 1.79. The van der Waals surface area contributed by atoms with E-state index < -0.39 is 0 Å². The minimum Gasteiger partial charge on any atom is -0.492 e. The molecule has 0 bridgehead atoms. The van der Waals surface area contributed by atoms with Gasteiger partial charge in [-0.2, -0.15) is 0 Å². The highest BCUT2D eigenvalue weighted by atomic mass is 16.5. The van der Waals surface area contributed by atoms with Gasteiger partial charge in [0, 0.05) is 17.3 Å². The fraction of sp³-hybridized carbons (Fsp3) is 0.167. The third-order valence-electron chi connectivity index (χ3n) is 4.46. The lowest BCUT2D eigenvalue weighted by Crippen LogP contribution is -2.14. The van der Waals surface area contributed by atoms with Gasteiger partial charge >= 0.3 is 0 Å². The average molecular weight is 389 g/mol. The number of carbonyl (C=O) groups excluding carboxylic acids is 1. The number of benzene rings is 2. The number of methoxy groups -OCH3 is 1. The molecule has 0 spiro atoms. The fourth-order valence-electron chi connectivity index (χ4n) is 3.00. The van der Waals surface area contributed by atoms with Crippen LogP contribution in [0.1, 0.15) is 36.4 Å². The molecule has 1 amide bonds. The third-order valence-corrected chi connectivity index (χ3v) is 4.46. The summed E-state index contributed by atoms with van der Waals surface area (Å²) in [7, 11) is 1.45. The van der Waals surface area contributed by atoms with Crippen LogP contribution in [0, 0.1) is 0 Å². The Morgan fingerprint density at radius 1 is 1.17 bits per heavy atom. The maximum absolute atomic E-state index is 12.8. The normalized spacial score (nSPS) is 11.8. The summed E-state index contributed by atoms with van der Waals surface area (Å²) in [6.45, 7) is 3.90. The first kappa shape index (κ1) is 20.1. The molecule has 0 aliphatic rings. The largest absolute Gasteiger partial charge is 0.492 e. The summed E-state index contributed by atoms with van der Waals surface area (Å²) in [5.74, 6) is 0.304. The molecule has 1 aromatic heterocycles. The zero-order valence-corrected chi connectivity index (χ0v) is 16.7. The highest BCUT2D eigenvalue weighted by Gasteiger charge is 2.19. The first-order valence-electron chi connectivity index (χ1n) is 9.43. The summed E-state index contributed by atoms with van der Waals surface area (Å²) in [4.78, 5) is 25.5. The van der Waals surface area contributed by atoms with Crippen molar-refractivity contribution in [2.24, 2.45) is 0 Å². The number of rotatable bonds is 6. The molecule has 29 heavy (non-hydrogen) atoms. The zero-order chi connectivity index (χ0) is 20.8. The monoisotopic (exact) mass is 389 g/mol. The number of carbonyl (C=O) groups is 1. The lowest BCUT2D eigenvalue weighted by Gasteiger charge is -2.12. The van der Waals surface area contributed by atoms with Gasteiger partial charge in [0.1, 0.15) is 5.76 Å². The maximum atomic E-state index is 12.8. The van der Waals surface area contributed by atoms with E-state index >= 15 is 0 Å². The molecule has 0 aliphatic carbocycles. The summed E-state index contributed by atoms with van der Waals surface area (Å²) in [6, 6.07) is 13.7. The Morgan fingerprint density at radius 3 is 2.59 bits per heavy atom. The second-order valence-electron chi connectivity index (χ2n) is 6.37. The molecule has 0 unspecified atom stereocenters. The van der Waals surface area contributed by atoms with Gasteiger partial charge in [-0.3, -0.25) is 9.59 Å². The third kappa shape index (κ3) is 4.29. The highest BCUT2D eigenvalue weighted by molar-refractivity contribution is 6.09. The van der Waals surface area contributed by atoms with Crippen molar-refractivity contribution in [3.8, 4) is 5.75 Å². The van der Waals surface area contributed by atoms with E-state index in [0.717, 1.165) is 12.0 Å². The highest BCUT2D eigenvalue weighted by Crippen LogP contribution is 2.31. The number of hydrogen-bond donors (Lipinski definition) is 1. The van der Waals surface area contributed by atoms with Crippen LogP contribution in [0.5, 0.6) is 5.75 Å². The molecule has 0 aliphatic heterocycles. The van der Waals surface area contributed by atoms with Crippen LogP contribution in [0.4, 0.5) is 5.69 Å². The van der Waals surface area contributed by atoms with E-state index in [-0.39, 0.29) is 28.2 Å². The summed E-state index contributed by atoms with van der Waals surface area (Å²) < 4.78 is 11.5. The van der Waals surface area contributed by atoms with Crippen molar-refractivity contribution >= 4 is 28.1 Å². The zero-order valence-electron chi connectivity index (χ0n) is 16.7. The maximum Gasteiger partial charge on any atom is 0.259 e. The Kier molecular flexibility index (Phi) is 6.29. The fourth-order valence-corrected chi connectivity index (χ4v) is 3.00. The number of hydrogen-bond acceptors (Lipinski definition) is 4. The molecule has 3 rings (SSSR count). The van der Waals surface area contributed by atoms with Crippen LogP contribution in [-0.4, -0.2) is 13.0 Å². The van der Waals surface area contributed by atoms with Crippen LogP contribution in [0.3, 0.4) is 0 Å². The minimum atomic E-state index is -0.347. The van der Waals surface area contributed by atoms with Crippen molar-refractivity contribution in [1.82, 2.24) is 0 Å². The van der Waals surface area contributed by atoms with Gasteiger partial charge in [0.15, 0.2) is 16.8 Å². The van der Waals surface area contributed by atoms with E-state index in [9.17, 15) is 9.59 Å². The second kappa shape index (κ2) is 9.06. The first-order valence-corrected chi connectivity index (χ1v) is 9.43. The molecule has 0 saturated heterocycles. The van der Waals surface area contributed by atoms with Crippen molar-refractivity contribution in [3.05, 3.63) is 88.3 Å². The molecule has 1 heterocycles. The molecule has 0 saturated carbocycles. The number of fused-ring (bicyclic) bond motifs is 1.